The van der Waals surface area contributed by atoms with Crippen LogP contribution in [0.2, 0.25) is 5.02 Å². The number of rotatable bonds is 4. The quantitative estimate of drug-likeness (QED) is 0.828. The number of carbonyl (C=O) groups is 1. The van der Waals surface area contributed by atoms with Gasteiger partial charge >= 0.3 is 0 Å². The number of carbonyl (C=O) groups excluding carboxylic acids is 1. The van der Waals surface area contributed by atoms with E-state index in [2.05, 4.69) is 0 Å². The minimum absolute atomic E-state index is 0.0628. The zero-order chi connectivity index (χ0) is 17.1. The molecule has 1 atom stereocenters. The van der Waals surface area contributed by atoms with E-state index in [-0.39, 0.29) is 28.0 Å². The van der Waals surface area contributed by atoms with Gasteiger partial charge in [0.2, 0.25) is 5.91 Å². The molecule has 0 fully saturated rings. The van der Waals surface area contributed by atoms with Gasteiger partial charge in [-0.1, -0.05) is 35.9 Å². The van der Waals surface area contributed by atoms with Crippen LogP contribution in [-0.4, -0.2) is 22.4 Å². The van der Waals surface area contributed by atoms with Crippen molar-refractivity contribution in [3.05, 3.63) is 64.4 Å². The largest absolute Gasteiger partial charge is 0.311 e. The van der Waals surface area contributed by atoms with Crippen LogP contribution in [0, 0.1) is 5.82 Å². The summed E-state index contributed by atoms with van der Waals surface area (Å²) in [4.78, 5) is 14.2. The molecule has 0 saturated carbocycles. The molecule has 24 heavy (non-hydrogen) atoms. The van der Waals surface area contributed by atoms with Crippen molar-refractivity contribution in [1.82, 2.24) is 0 Å². The van der Waals surface area contributed by atoms with E-state index in [1.807, 2.05) is 24.3 Å². The van der Waals surface area contributed by atoms with Crippen molar-refractivity contribution in [1.29, 1.82) is 0 Å². The Kier molecular flexibility index (Phi) is 5.31. The molecular weight excluding hydrogens is 349 g/mol. The first-order valence-electron chi connectivity index (χ1n) is 7.72. The molecule has 1 heterocycles. The van der Waals surface area contributed by atoms with Crippen molar-refractivity contribution in [2.45, 2.75) is 18.6 Å². The fraction of sp³-hybridized carbons (Fsp3) is 0.278. The van der Waals surface area contributed by atoms with Gasteiger partial charge in [0, 0.05) is 33.6 Å². The normalized spacial score (nSPS) is 15.0. The summed E-state index contributed by atoms with van der Waals surface area (Å²) in [6, 6.07) is 12.1. The fourth-order valence-corrected chi connectivity index (χ4v) is 4.35. The van der Waals surface area contributed by atoms with E-state index in [1.54, 1.807) is 11.0 Å². The molecule has 0 N–H and O–H groups in total. The second-order valence-electron chi connectivity index (χ2n) is 5.71. The average molecular weight is 366 g/mol. The molecule has 0 aliphatic carbocycles. The molecule has 2 aromatic rings. The highest BCUT2D eigenvalue weighted by Gasteiger charge is 2.24. The third-order valence-electron chi connectivity index (χ3n) is 4.06. The molecule has 0 aromatic heterocycles. The lowest BCUT2D eigenvalue weighted by atomic mass is 10.0. The number of halogens is 2. The number of aryl methyl sites for hydroxylation is 1. The smallest absolute Gasteiger partial charge is 0.239 e. The second kappa shape index (κ2) is 7.45. The monoisotopic (exact) mass is 365 g/mol. The Morgan fingerprint density at radius 1 is 1.21 bits per heavy atom. The lowest BCUT2D eigenvalue weighted by Gasteiger charge is -2.29. The van der Waals surface area contributed by atoms with Gasteiger partial charge in [0.05, 0.1) is 5.75 Å². The van der Waals surface area contributed by atoms with E-state index in [0.29, 0.717) is 6.54 Å². The van der Waals surface area contributed by atoms with Crippen LogP contribution < -0.4 is 4.90 Å². The Hall–Kier alpha value is -1.72. The topological polar surface area (TPSA) is 37.4 Å². The molecule has 126 valence electrons. The van der Waals surface area contributed by atoms with Crippen molar-refractivity contribution in [2.75, 3.05) is 17.2 Å². The Morgan fingerprint density at radius 3 is 2.79 bits per heavy atom. The van der Waals surface area contributed by atoms with E-state index in [1.165, 1.54) is 12.1 Å². The van der Waals surface area contributed by atoms with Gasteiger partial charge in [0.1, 0.15) is 11.6 Å². The number of hydrogen-bond donors (Lipinski definition) is 0. The minimum Gasteiger partial charge on any atom is -0.311 e. The average Bonchev–Trinajstić information content (AvgIpc) is 2.57. The zero-order valence-corrected chi connectivity index (χ0v) is 14.6. The Balaban J connectivity index is 1.71. The highest BCUT2D eigenvalue weighted by atomic mass is 35.5. The van der Waals surface area contributed by atoms with E-state index < -0.39 is 16.6 Å². The maximum atomic E-state index is 13.8. The van der Waals surface area contributed by atoms with E-state index >= 15 is 0 Å². The third kappa shape index (κ3) is 3.68. The number of amides is 1. The first-order chi connectivity index (χ1) is 11.6. The fourth-order valence-electron chi connectivity index (χ4n) is 2.89. The molecule has 3 rings (SSSR count). The minimum atomic E-state index is -1.52. The van der Waals surface area contributed by atoms with E-state index in [0.717, 1.165) is 24.1 Å². The lowest BCUT2D eigenvalue weighted by Crippen LogP contribution is -2.38. The van der Waals surface area contributed by atoms with E-state index in [4.69, 9.17) is 11.6 Å². The molecule has 1 aliphatic rings. The summed E-state index contributed by atoms with van der Waals surface area (Å²) >= 11 is 5.96. The van der Waals surface area contributed by atoms with Crippen LogP contribution in [-0.2, 0) is 27.8 Å². The predicted octanol–water partition coefficient (Wildman–Crippen LogP) is 3.71. The molecule has 1 aliphatic heterocycles. The molecule has 6 heteroatoms. The summed E-state index contributed by atoms with van der Waals surface area (Å²) in [5.41, 5.74) is 2.21. The Morgan fingerprint density at radius 2 is 2.00 bits per heavy atom. The van der Waals surface area contributed by atoms with Gasteiger partial charge < -0.3 is 4.90 Å². The first-order valence-corrected chi connectivity index (χ1v) is 9.59. The second-order valence-corrected chi connectivity index (χ2v) is 7.57. The van der Waals surface area contributed by atoms with E-state index in [9.17, 15) is 13.4 Å². The predicted molar refractivity (Wildman–Crippen MR) is 95.2 cm³/mol. The van der Waals surface area contributed by atoms with Crippen LogP contribution in [0.4, 0.5) is 10.1 Å². The van der Waals surface area contributed by atoms with Crippen molar-refractivity contribution in [2.24, 2.45) is 0 Å². The SMILES string of the molecule is O=C(C[S@@](=O)Cc1c(F)cccc1Cl)N1CCCc2ccccc21. The number of anilines is 1. The molecule has 2 aromatic carbocycles. The van der Waals surface area contributed by atoms with Crippen LogP contribution in [0.3, 0.4) is 0 Å². The van der Waals surface area contributed by atoms with Crippen molar-refractivity contribution in [3.8, 4) is 0 Å². The van der Waals surface area contributed by atoms with Crippen LogP contribution in [0.15, 0.2) is 42.5 Å². The highest BCUT2D eigenvalue weighted by Crippen LogP contribution is 2.27. The number of para-hydroxylation sites is 1. The number of hydrogen-bond acceptors (Lipinski definition) is 2. The van der Waals surface area contributed by atoms with Gasteiger partial charge in [0.15, 0.2) is 0 Å². The van der Waals surface area contributed by atoms with Gasteiger partial charge in [-0.2, -0.15) is 0 Å². The Labute approximate surface area is 147 Å². The van der Waals surface area contributed by atoms with Gasteiger partial charge in [0.25, 0.3) is 0 Å². The van der Waals surface area contributed by atoms with Gasteiger partial charge in [-0.25, -0.2) is 4.39 Å². The number of benzene rings is 2. The maximum Gasteiger partial charge on any atom is 0.239 e. The molecular formula is C18H17ClFNO2S. The van der Waals surface area contributed by atoms with Gasteiger partial charge in [-0.05, 0) is 36.6 Å². The lowest BCUT2D eigenvalue weighted by molar-refractivity contribution is -0.116. The molecule has 0 unspecified atom stereocenters. The number of fused-ring (bicyclic) bond motifs is 1. The summed E-state index contributed by atoms with van der Waals surface area (Å²) in [7, 11) is -1.52. The van der Waals surface area contributed by atoms with Crippen LogP contribution in [0.25, 0.3) is 0 Å². The summed E-state index contributed by atoms with van der Waals surface area (Å²) in [5.74, 6) is -0.897. The molecule has 1 amide bonds. The summed E-state index contributed by atoms with van der Waals surface area (Å²) in [6.07, 6.45) is 1.82. The molecule has 0 spiro atoms. The van der Waals surface area contributed by atoms with Crippen LogP contribution in [0.1, 0.15) is 17.5 Å². The van der Waals surface area contributed by atoms with Gasteiger partial charge in [-0.3, -0.25) is 9.00 Å². The van der Waals surface area contributed by atoms with Crippen molar-refractivity contribution < 1.29 is 13.4 Å². The molecule has 0 radical (unpaired) electrons. The highest BCUT2D eigenvalue weighted by molar-refractivity contribution is 7.85. The van der Waals surface area contributed by atoms with Crippen LogP contribution in [0.5, 0.6) is 0 Å². The standard InChI is InChI=1S/C18H17ClFNO2S/c19-15-7-3-8-16(20)14(15)11-24(23)12-18(22)21-10-4-6-13-5-1-2-9-17(13)21/h1-3,5,7-9H,4,6,10-12H2/t24-/m0/s1. The molecule has 0 saturated heterocycles. The van der Waals surface area contributed by atoms with Crippen molar-refractivity contribution in [3.63, 3.8) is 0 Å². The Bertz CT molecular complexity index is 776. The van der Waals surface area contributed by atoms with Crippen LogP contribution >= 0.6 is 11.6 Å². The summed E-state index contributed by atoms with van der Waals surface area (Å²) < 4.78 is 26.1. The molecule has 3 nitrogen and oxygen atoms in total. The summed E-state index contributed by atoms with van der Waals surface area (Å²) in [5, 5.41) is 0.235. The first kappa shape index (κ1) is 17.1. The zero-order valence-electron chi connectivity index (χ0n) is 13.0. The maximum absolute atomic E-state index is 13.8. The number of nitrogens with zero attached hydrogens (tertiary/aromatic N) is 1. The van der Waals surface area contributed by atoms with Gasteiger partial charge in [-0.15, -0.1) is 0 Å². The summed E-state index contributed by atoms with van der Waals surface area (Å²) in [6.45, 7) is 0.619. The van der Waals surface area contributed by atoms with Crippen molar-refractivity contribution >= 4 is 34.0 Å². The molecule has 0 bridgehead atoms. The third-order valence-corrected chi connectivity index (χ3v) is 5.60.